The molecule has 2 amide bonds. The standard InChI is InChI=1S/C23H25N5O2/c1-16(29)25-19-8-6-18(7-9-19)23(30)28-14-4-3-5-21(28)22-20(15-27(2)26-22)17-10-12-24-13-11-17/h6-13,15,21H,3-5,14H2,1-2H3,(H,25,29)/t21-/m1/s1. The lowest BCUT2D eigenvalue weighted by Crippen LogP contribution is -2.39. The first-order valence-corrected chi connectivity index (χ1v) is 10.2. The van der Waals surface area contributed by atoms with Crippen LogP contribution in [0.15, 0.2) is 55.0 Å². The fourth-order valence-corrected chi connectivity index (χ4v) is 4.03. The molecule has 1 saturated heterocycles. The zero-order valence-corrected chi connectivity index (χ0v) is 17.2. The number of nitrogens with zero attached hydrogens (tertiary/aromatic N) is 4. The minimum Gasteiger partial charge on any atom is -0.330 e. The van der Waals surface area contributed by atoms with Gasteiger partial charge in [-0.3, -0.25) is 19.3 Å². The van der Waals surface area contributed by atoms with Crippen LogP contribution in [0.1, 0.15) is 48.3 Å². The first-order chi connectivity index (χ1) is 14.5. The molecule has 7 heteroatoms. The van der Waals surface area contributed by atoms with E-state index in [1.165, 1.54) is 6.92 Å². The third kappa shape index (κ3) is 4.10. The van der Waals surface area contributed by atoms with E-state index < -0.39 is 0 Å². The molecular weight excluding hydrogens is 378 g/mol. The van der Waals surface area contributed by atoms with Crippen LogP contribution in [0.25, 0.3) is 11.1 Å². The normalized spacial score (nSPS) is 16.3. The van der Waals surface area contributed by atoms with Crippen LogP contribution in [-0.4, -0.2) is 38.0 Å². The predicted octanol–water partition coefficient (Wildman–Crippen LogP) is 3.81. The Morgan fingerprint density at radius 1 is 1.07 bits per heavy atom. The molecule has 30 heavy (non-hydrogen) atoms. The molecule has 1 N–H and O–H groups in total. The molecule has 1 atom stereocenters. The third-order valence-corrected chi connectivity index (χ3v) is 5.38. The predicted molar refractivity (Wildman–Crippen MR) is 115 cm³/mol. The van der Waals surface area contributed by atoms with Crippen LogP contribution in [0.3, 0.4) is 0 Å². The maximum atomic E-state index is 13.4. The number of pyridine rings is 1. The van der Waals surface area contributed by atoms with Crippen LogP contribution in [-0.2, 0) is 11.8 Å². The van der Waals surface area contributed by atoms with Crippen molar-refractivity contribution in [2.45, 2.75) is 32.2 Å². The Morgan fingerprint density at radius 2 is 1.80 bits per heavy atom. The first-order valence-electron chi connectivity index (χ1n) is 10.2. The van der Waals surface area contributed by atoms with Crippen LogP contribution in [0.4, 0.5) is 5.69 Å². The first kappa shape index (κ1) is 19.8. The summed E-state index contributed by atoms with van der Waals surface area (Å²) in [6.07, 6.45) is 8.46. The summed E-state index contributed by atoms with van der Waals surface area (Å²) in [4.78, 5) is 30.6. The van der Waals surface area contributed by atoms with Gasteiger partial charge in [0.2, 0.25) is 5.91 Å². The summed E-state index contributed by atoms with van der Waals surface area (Å²) in [5.74, 6) is -0.149. The van der Waals surface area contributed by atoms with Crippen LogP contribution < -0.4 is 5.32 Å². The number of benzene rings is 1. The summed E-state index contributed by atoms with van der Waals surface area (Å²) >= 11 is 0. The van der Waals surface area contributed by atoms with Crippen molar-refractivity contribution < 1.29 is 9.59 Å². The lowest BCUT2D eigenvalue weighted by atomic mass is 9.94. The van der Waals surface area contributed by atoms with Gasteiger partial charge in [0.1, 0.15) is 0 Å². The van der Waals surface area contributed by atoms with E-state index in [1.807, 2.05) is 35.0 Å². The zero-order valence-electron chi connectivity index (χ0n) is 17.2. The average molecular weight is 403 g/mol. The number of anilines is 1. The van der Waals surface area contributed by atoms with Gasteiger partial charge >= 0.3 is 0 Å². The van der Waals surface area contributed by atoms with Crippen molar-refractivity contribution in [1.82, 2.24) is 19.7 Å². The second-order valence-electron chi connectivity index (χ2n) is 7.61. The van der Waals surface area contributed by atoms with Crippen LogP contribution in [0, 0.1) is 0 Å². The number of hydrogen-bond acceptors (Lipinski definition) is 4. The Kier molecular flexibility index (Phi) is 5.61. The molecule has 4 rings (SSSR count). The van der Waals surface area contributed by atoms with Crippen LogP contribution in [0.5, 0.6) is 0 Å². The molecule has 0 spiro atoms. The van der Waals surface area contributed by atoms with Gasteiger partial charge in [0, 0.05) is 55.9 Å². The SMILES string of the molecule is CC(=O)Nc1ccc(C(=O)N2CCCC[C@@H]2c2nn(C)cc2-c2ccncc2)cc1. The number of likely N-dealkylation sites (tertiary alicyclic amines) is 1. The van der Waals surface area contributed by atoms with E-state index in [4.69, 9.17) is 5.10 Å². The molecule has 0 aliphatic carbocycles. The third-order valence-electron chi connectivity index (χ3n) is 5.38. The van der Waals surface area contributed by atoms with Crippen molar-refractivity contribution in [3.05, 3.63) is 66.2 Å². The average Bonchev–Trinajstić information content (AvgIpc) is 3.15. The van der Waals surface area contributed by atoms with Gasteiger partial charge < -0.3 is 10.2 Å². The quantitative estimate of drug-likeness (QED) is 0.718. The molecule has 1 fully saturated rings. The van der Waals surface area contributed by atoms with Gasteiger partial charge in [0.25, 0.3) is 5.91 Å². The monoisotopic (exact) mass is 403 g/mol. The maximum absolute atomic E-state index is 13.4. The molecule has 0 bridgehead atoms. The second kappa shape index (κ2) is 8.49. The highest BCUT2D eigenvalue weighted by Crippen LogP contribution is 2.36. The number of carbonyl (C=O) groups is 2. The summed E-state index contributed by atoms with van der Waals surface area (Å²) in [6.45, 7) is 2.16. The molecule has 2 aromatic heterocycles. The number of hydrogen-bond donors (Lipinski definition) is 1. The number of amides is 2. The number of rotatable bonds is 4. The fraction of sp³-hybridized carbons (Fsp3) is 0.304. The van der Waals surface area contributed by atoms with Gasteiger partial charge in [-0.15, -0.1) is 0 Å². The summed E-state index contributed by atoms with van der Waals surface area (Å²) in [7, 11) is 1.91. The van der Waals surface area contributed by atoms with Crippen molar-refractivity contribution in [3.8, 4) is 11.1 Å². The Balaban J connectivity index is 1.64. The second-order valence-corrected chi connectivity index (χ2v) is 7.61. The fourth-order valence-electron chi connectivity index (χ4n) is 4.03. The summed E-state index contributed by atoms with van der Waals surface area (Å²) in [5, 5.41) is 7.47. The van der Waals surface area contributed by atoms with Crippen LogP contribution in [0.2, 0.25) is 0 Å². The number of nitrogens with one attached hydrogen (secondary N) is 1. The Bertz CT molecular complexity index is 1040. The van der Waals surface area contributed by atoms with E-state index in [0.717, 1.165) is 36.1 Å². The zero-order chi connectivity index (χ0) is 21.1. The molecule has 0 radical (unpaired) electrons. The highest BCUT2D eigenvalue weighted by atomic mass is 16.2. The van der Waals surface area contributed by atoms with E-state index >= 15 is 0 Å². The molecule has 0 saturated carbocycles. The summed E-state index contributed by atoms with van der Waals surface area (Å²) in [5.41, 5.74) is 4.29. The van der Waals surface area contributed by atoms with Crippen molar-refractivity contribution >= 4 is 17.5 Å². The molecule has 154 valence electrons. The van der Waals surface area contributed by atoms with Crippen molar-refractivity contribution in [1.29, 1.82) is 0 Å². The van der Waals surface area contributed by atoms with Crippen molar-refractivity contribution in [2.75, 3.05) is 11.9 Å². The number of carbonyl (C=O) groups excluding carboxylic acids is 2. The molecule has 0 unspecified atom stereocenters. The molecule has 3 aromatic rings. The molecule has 1 aliphatic heterocycles. The highest BCUT2D eigenvalue weighted by Gasteiger charge is 2.32. The Morgan fingerprint density at radius 3 is 2.50 bits per heavy atom. The maximum Gasteiger partial charge on any atom is 0.254 e. The summed E-state index contributed by atoms with van der Waals surface area (Å²) in [6, 6.07) is 10.9. The van der Waals surface area contributed by atoms with E-state index in [9.17, 15) is 9.59 Å². The Labute approximate surface area is 175 Å². The van der Waals surface area contributed by atoms with Crippen molar-refractivity contribution in [2.24, 2.45) is 7.05 Å². The van der Waals surface area contributed by atoms with Crippen LogP contribution >= 0.6 is 0 Å². The van der Waals surface area contributed by atoms with E-state index in [2.05, 4.69) is 10.3 Å². The number of piperidine rings is 1. The Hall–Kier alpha value is -3.48. The molecule has 1 aliphatic rings. The van der Waals surface area contributed by atoms with Gasteiger partial charge in [0.05, 0.1) is 11.7 Å². The van der Waals surface area contributed by atoms with E-state index in [-0.39, 0.29) is 17.9 Å². The van der Waals surface area contributed by atoms with Gasteiger partial charge in [-0.25, -0.2) is 0 Å². The molecule has 7 nitrogen and oxygen atoms in total. The topological polar surface area (TPSA) is 80.1 Å². The number of aryl methyl sites for hydroxylation is 1. The largest absolute Gasteiger partial charge is 0.330 e. The lowest BCUT2D eigenvalue weighted by molar-refractivity contribution is -0.114. The minimum absolute atomic E-state index is 0.0135. The van der Waals surface area contributed by atoms with Gasteiger partial charge in [0.15, 0.2) is 0 Å². The molecule has 1 aromatic carbocycles. The lowest BCUT2D eigenvalue weighted by Gasteiger charge is -2.35. The smallest absolute Gasteiger partial charge is 0.254 e. The van der Waals surface area contributed by atoms with Crippen molar-refractivity contribution in [3.63, 3.8) is 0 Å². The van der Waals surface area contributed by atoms with Gasteiger partial charge in [-0.2, -0.15) is 5.10 Å². The van der Waals surface area contributed by atoms with Gasteiger partial charge in [-0.05, 0) is 61.2 Å². The highest BCUT2D eigenvalue weighted by molar-refractivity contribution is 5.96. The van der Waals surface area contributed by atoms with E-state index in [0.29, 0.717) is 17.8 Å². The minimum atomic E-state index is -0.135. The molecular formula is C23H25N5O2. The van der Waals surface area contributed by atoms with E-state index in [1.54, 1.807) is 36.7 Å². The van der Waals surface area contributed by atoms with Gasteiger partial charge in [-0.1, -0.05) is 0 Å². The summed E-state index contributed by atoms with van der Waals surface area (Å²) < 4.78 is 1.81. The number of aromatic nitrogens is 3. The molecule has 3 heterocycles.